The van der Waals surface area contributed by atoms with Gasteiger partial charge in [-0.3, -0.25) is 24.0 Å². The van der Waals surface area contributed by atoms with E-state index >= 15 is 0 Å². The molecule has 1 aliphatic rings. The molecule has 0 saturated heterocycles. The van der Waals surface area contributed by atoms with Gasteiger partial charge in [-0.2, -0.15) is 0 Å². The van der Waals surface area contributed by atoms with Crippen LogP contribution in [0.5, 0.6) is 0 Å². The molecule has 1 N–H and O–H groups in total. The number of aliphatic hydroxyl groups excluding tert-OH is 1. The second-order valence-electron chi connectivity index (χ2n) is 11.2. The Morgan fingerprint density at radius 1 is 0.571 bits per heavy atom. The van der Waals surface area contributed by atoms with Gasteiger partial charge in [-0.25, -0.2) is 26.4 Å². The molecule has 0 spiro atoms. The third-order valence-corrected chi connectivity index (χ3v) is 8.13. The van der Waals surface area contributed by atoms with Crippen LogP contribution in [-0.2, 0) is 91.8 Å². The predicted octanol–water partition coefficient (Wildman–Crippen LogP) is -15.0. The molecule has 2 atom stereocenters. The number of aliphatic carboxylic acids is 2. The average Bonchev–Trinajstić information content (AvgIpc) is 3.51. The summed E-state index contributed by atoms with van der Waals surface area (Å²) in [4.78, 5) is 95.6. The minimum absolute atomic E-state index is 0. The van der Waals surface area contributed by atoms with E-state index in [1.807, 2.05) is 6.92 Å². The molecule has 1 aliphatic heterocycles. The van der Waals surface area contributed by atoms with Crippen molar-refractivity contribution in [3.8, 4) is 0 Å². The van der Waals surface area contributed by atoms with Crippen molar-refractivity contribution in [2.24, 2.45) is 0 Å². The van der Waals surface area contributed by atoms with Crippen LogP contribution in [0.2, 0.25) is 0 Å². The van der Waals surface area contributed by atoms with E-state index in [2.05, 4.69) is 14.2 Å². The average molecular weight is 985 g/mol. The van der Waals surface area contributed by atoms with Gasteiger partial charge in [0.05, 0.1) is 50.7 Å². The number of carbonyl (C=O) groups is 9. The van der Waals surface area contributed by atoms with Crippen LogP contribution in [0, 0.1) is 0 Å². The van der Waals surface area contributed by atoms with Gasteiger partial charge in [0.25, 0.3) is 0 Å². The van der Waals surface area contributed by atoms with E-state index in [4.69, 9.17) is 19.3 Å². The summed E-state index contributed by atoms with van der Waals surface area (Å²) in [7, 11) is -10.3. The Bertz CT molecular complexity index is 1610. The summed E-state index contributed by atoms with van der Waals surface area (Å²) < 4.78 is 91.2. The van der Waals surface area contributed by atoms with Crippen molar-refractivity contribution in [3.63, 3.8) is 0 Å². The van der Waals surface area contributed by atoms with Gasteiger partial charge in [-0.1, -0.05) is 20.8 Å². The number of carboxylic acids is 2. The summed E-state index contributed by atoms with van der Waals surface area (Å²) in [6, 6.07) is 0. The Kier molecular flexibility index (Phi) is 55.7. The van der Waals surface area contributed by atoms with Crippen LogP contribution in [0.4, 0.5) is 0 Å². The molecule has 1 rings (SSSR count). The fourth-order valence-corrected chi connectivity index (χ4v) is 4.51. The molecule has 24 nitrogen and oxygen atoms in total. The molecule has 0 fully saturated rings. The molecular formula is C33H48Na4O24S2. The Labute approximate surface area is 453 Å². The van der Waals surface area contributed by atoms with Crippen molar-refractivity contribution >= 4 is 74.0 Å². The quantitative estimate of drug-likeness (QED) is 0.0222. The Hall–Kier alpha value is -1.05. The maximum atomic E-state index is 11.3. The fourth-order valence-electron chi connectivity index (χ4n) is 3.29. The van der Waals surface area contributed by atoms with E-state index in [0.29, 0.717) is 32.3 Å². The predicted molar refractivity (Wildman–Crippen MR) is 187 cm³/mol. The Morgan fingerprint density at radius 2 is 0.905 bits per heavy atom. The zero-order chi connectivity index (χ0) is 46.0. The van der Waals surface area contributed by atoms with Crippen LogP contribution in [-0.4, -0.2) is 135 Å². The van der Waals surface area contributed by atoms with E-state index in [0.717, 1.165) is 18.6 Å². The molecule has 0 saturated carbocycles. The molecular weight excluding hydrogens is 936 g/mol. The molecule has 1 heterocycles. The van der Waals surface area contributed by atoms with E-state index in [1.165, 1.54) is 0 Å². The third kappa shape index (κ3) is 48.7. The first kappa shape index (κ1) is 76.2. The summed E-state index contributed by atoms with van der Waals surface area (Å²) in [5, 5.41) is 24.2. The number of hydrogen-bond acceptors (Lipinski definition) is 24. The molecule has 0 aromatic carbocycles. The van der Waals surface area contributed by atoms with E-state index in [9.17, 15) is 79.3 Å². The first-order valence-corrected chi connectivity index (χ1v) is 20.5. The topological polar surface area (TPSA) is 390 Å². The first-order chi connectivity index (χ1) is 27.5. The van der Waals surface area contributed by atoms with Crippen LogP contribution in [0.1, 0.15) is 91.4 Å². The summed E-state index contributed by atoms with van der Waals surface area (Å²) in [6.45, 7) is 5.41. The SMILES string of the molecule is CCCC(=O)OCCCO.CCCC(=O)OCCCOC(=O)C(CC(=O)[O-])S(=O)(=O)[O-].CCCC(=O)OCCCOC(=O)CC(C(=O)[O-])S(=O)(=O)[O-].O=C1C=CC(=O)O1.[Na+].[Na+].[Na+].[Na+]. The van der Waals surface area contributed by atoms with Crippen molar-refractivity contribution < 1.29 is 231 Å². The fraction of sp³-hybridized carbons (Fsp3) is 0.667. The van der Waals surface area contributed by atoms with Crippen LogP contribution in [0.3, 0.4) is 0 Å². The molecule has 340 valence electrons. The maximum absolute atomic E-state index is 11.3. The summed E-state index contributed by atoms with van der Waals surface area (Å²) in [5.74, 6) is -8.78. The minimum Gasteiger partial charge on any atom is -0.747 e. The van der Waals surface area contributed by atoms with Gasteiger partial charge >= 0.3 is 160 Å². The molecule has 0 amide bonds. The normalized spacial score (nSPS) is 11.8. The molecule has 0 bridgehead atoms. The van der Waals surface area contributed by atoms with Gasteiger partial charge in [0.15, 0.2) is 5.25 Å². The standard InChI is InChI=1S/2C11H18O9S.C7H14O3.C4H2O3.4Na/c1-2-4-10(14)19-5-3-6-20-11(15)8(7-9(12)13)21(16,17)18;1-2-4-9(12)19-5-3-6-20-10(13)7-8(11(14)15)21(16,17)18;1-2-4-7(9)10-6-3-5-8;5-3-1-2-4(6)7-3;;;;/h8H,2-7H2,1H3,(H,12,13)(H,16,17,18);8H,2-7H2,1H3,(H,14,15)(H,16,17,18);8H,2-6H2,1H3;1-2H;;;;/q;;;;4*+1/p-4. The third-order valence-electron chi connectivity index (χ3n) is 6.02. The zero-order valence-electron chi connectivity index (χ0n) is 36.5. The van der Waals surface area contributed by atoms with Gasteiger partial charge in [0, 0.05) is 69.7 Å². The van der Waals surface area contributed by atoms with Gasteiger partial charge in [0.1, 0.15) is 20.2 Å². The molecule has 63 heavy (non-hydrogen) atoms. The summed E-state index contributed by atoms with van der Waals surface area (Å²) in [5.41, 5.74) is 0. The van der Waals surface area contributed by atoms with E-state index in [-0.39, 0.29) is 183 Å². The van der Waals surface area contributed by atoms with E-state index < -0.39 is 91.3 Å². The second-order valence-corrected chi connectivity index (χ2v) is 14.3. The second kappa shape index (κ2) is 46.1. The van der Waals surface area contributed by atoms with Crippen molar-refractivity contribution in [1.29, 1.82) is 0 Å². The number of carboxylic acid groups (broad SMARTS) is 2. The summed E-state index contributed by atoms with van der Waals surface area (Å²) in [6.07, 6.45) is 3.67. The number of esters is 7. The number of carbonyl (C=O) groups excluding carboxylic acids is 9. The first-order valence-electron chi connectivity index (χ1n) is 17.6. The van der Waals surface area contributed by atoms with Crippen molar-refractivity contribution in [3.05, 3.63) is 12.2 Å². The molecule has 0 aromatic rings. The van der Waals surface area contributed by atoms with Crippen molar-refractivity contribution in [1.82, 2.24) is 0 Å². The molecule has 0 aromatic heterocycles. The minimum atomic E-state index is -5.19. The van der Waals surface area contributed by atoms with Crippen LogP contribution >= 0.6 is 0 Å². The van der Waals surface area contributed by atoms with Gasteiger partial charge in [-0.15, -0.1) is 0 Å². The van der Waals surface area contributed by atoms with Crippen molar-refractivity contribution in [2.45, 2.75) is 102 Å². The largest absolute Gasteiger partial charge is 1.00 e. The number of aliphatic hydroxyl groups is 1. The monoisotopic (exact) mass is 984 g/mol. The van der Waals surface area contributed by atoms with E-state index in [1.54, 1.807) is 13.8 Å². The zero-order valence-corrected chi connectivity index (χ0v) is 46.1. The van der Waals surface area contributed by atoms with Crippen molar-refractivity contribution in [2.75, 3.05) is 39.6 Å². The van der Waals surface area contributed by atoms with Crippen LogP contribution < -0.4 is 128 Å². The number of rotatable bonds is 25. The van der Waals surface area contributed by atoms with Gasteiger partial charge in [0.2, 0.25) is 0 Å². The molecule has 2 unspecified atom stereocenters. The number of cyclic esters (lactones) is 2. The Balaban J connectivity index is -0.000000140. The van der Waals surface area contributed by atoms with Crippen LogP contribution in [0.25, 0.3) is 0 Å². The van der Waals surface area contributed by atoms with Gasteiger partial charge < -0.3 is 62.4 Å². The van der Waals surface area contributed by atoms with Crippen LogP contribution in [0.15, 0.2) is 12.2 Å². The molecule has 0 radical (unpaired) electrons. The Morgan fingerprint density at radius 3 is 1.17 bits per heavy atom. The molecule has 30 heteroatoms. The maximum Gasteiger partial charge on any atom is 1.00 e. The summed E-state index contributed by atoms with van der Waals surface area (Å²) >= 11 is 0. The smallest absolute Gasteiger partial charge is 0.747 e. The molecule has 0 aliphatic carbocycles. The number of hydrogen-bond donors (Lipinski definition) is 1. The number of ether oxygens (including phenoxy) is 6. The van der Waals surface area contributed by atoms with Gasteiger partial charge in [-0.05, 0) is 19.3 Å².